The summed E-state index contributed by atoms with van der Waals surface area (Å²) in [5.74, 6) is -0.228. The van der Waals surface area contributed by atoms with E-state index in [0.717, 1.165) is 65.3 Å². The van der Waals surface area contributed by atoms with Crippen LogP contribution < -0.4 is 9.64 Å². The van der Waals surface area contributed by atoms with Crippen LogP contribution in [0, 0.1) is 19.3 Å². The summed E-state index contributed by atoms with van der Waals surface area (Å²) in [6.07, 6.45) is 5.30. The van der Waals surface area contributed by atoms with Gasteiger partial charge in [0.15, 0.2) is 0 Å². The maximum atomic E-state index is 11.7. The molecule has 0 radical (unpaired) electrons. The summed E-state index contributed by atoms with van der Waals surface area (Å²) in [5.41, 5.74) is 6.32. The van der Waals surface area contributed by atoms with Crippen LogP contribution in [0.3, 0.4) is 0 Å². The molecule has 0 amide bonds. The van der Waals surface area contributed by atoms with E-state index in [-0.39, 0.29) is 17.9 Å². The molecule has 3 heterocycles. The third-order valence-electron chi connectivity index (χ3n) is 7.13. The first-order valence-electron chi connectivity index (χ1n) is 12.4. The van der Waals surface area contributed by atoms with Gasteiger partial charge < -0.3 is 14.7 Å². The number of carbonyl (C=O) groups is 1. The molecule has 0 saturated carbocycles. The summed E-state index contributed by atoms with van der Waals surface area (Å²) in [7, 11) is 0. The van der Waals surface area contributed by atoms with Crippen LogP contribution in [0.25, 0.3) is 11.3 Å². The molecule has 1 aliphatic heterocycles. The van der Waals surface area contributed by atoms with E-state index in [2.05, 4.69) is 23.7 Å². The van der Waals surface area contributed by atoms with Gasteiger partial charge in [0.1, 0.15) is 11.9 Å². The van der Waals surface area contributed by atoms with Gasteiger partial charge in [-0.2, -0.15) is 0 Å². The number of aliphatic carboxylic acids is 1. The molecule has 6 nitrogen and oxygen atoms in total. The van der Waals surface area contributed by atoms with Crippen LogP contribution in [0.5, 0.6) is 5.75 Å². The van der Waals surface area contributed by atoms with Gasteiger partial charge in [0.25, 0.3) is 0 Å². The Balaban J connectivity index is 1.66. The first-order valence-corrected chi connectivity index (χ1v) is 12.8. The minimum absolute atomic E-state index is 0.0716. The second-order valence-corrected chi connectivity index (χ2v) is 10.8. The number of carboxylic acids is 1. The Hall–Kier alpha value is -3.12. The molecule has 0 aliphatic carbocycles. The number of hydrogen-bond donors (Lipinski definition) is 1. The highest BCUT2D eigenvalue weighted by atomic mass is 35.5. The number of piperidine rings is 1. The zero-order valence-electron chi connectivity index (χ0n) is 21.6. The standard InChI is InChI=1S/C29H34ClN3O3/c1-18-7-6-8-24(30)27(18)20(3)36-21-9-10-25(32-16-21)23-17-31-19(2)22(15-26(34)35)28(23)33-13-11-29(4,5)12-14-33/h6-10,16-17,20H,11-15H2,1-5H3,(H,34,35)/t20-/m1/s1. The largest absolute Gasteiger partial charge is 0.484 e. The van der Waals surface area contributed by atoms with Crippen LogP contribution in [0.4, 0.5) is 5.69 Å². The Bertz CT molecular complexity index is 1230. The van der Waals surface area contributed by atoms with Crippen LogP contribution in [-0.2, 0) is 11.2 Å². The average molecular weight is 508 g/mol. The number of anilines is 1. The quantitative estimate of drug-likeness (QED) is 0.378. The lowest BCUT2D eigenvalue weighted by molar-refractivity contribution is -0.136. The van der Waals surface area contributed by atoms with Gasteiger partial charge >= 0.3 is 5.97 Å². The molecule has 0 spiro atoms. The van der Waals surface area contributed by atoms with Gasteiger partial charge in [0, 0.05) is 46.7 Å². The number of ether oxygens (including phenoxy) is 1. The van der Waals surface area contributed by atoms with E-state index < -0.39 is 5.97 Å². The van der Waals surface area contributed by atoms with Crippen molar-refractivity contribution in [2.75, 3.05) is 18.0 Å². The minimum Gasteiger partial charge on any atom is -0.484 e. The predicted molar refractivity (Wildman–Crippen MR) is 144 cm³/mol. The molecule has 7 heteroatoms. The Morgan fingerprint density at radius 1 is 1.14 bits per heavy atom. The fourth-order valence-corrected chi connectivity index (χ4v) is 5.29. The SMILES string of the molecule is Cc1cccc(Cl)c1[C@@H](C)Oc1ccc(-c2cnc(C)c(CC(=O)O)c2N2CCC(C)(C)CC2)nc1. The molecule has 4 rings (SSSR count). The molecule has 190 valence electrons. The van der Waals surface area contributed by atoms with Crippen molar-refractivity contribution in [3.63, 3.8) is 0 Å². The lowest BCUT2D eigenvalue weighted by Gasteiger charge is -2.40. The van der Waals surface area contributed by atoms with E-state index in [0.29, 0.717) is 10.8 Å². The van der Waals surface area contributed by atoms with E-state index in [1.165, 1.54) is 0 Å². The first-order chi connectivity index (χ1) is 17.1. The molecule has 0 bridgehead atoms. The number of aromatic nitrogens is 2. The molecule has 0 unspecified atom stereocenters. The molecule has 1 saturated heterocycles. The summed E-state index contributed by atoms with van der Waals surface area (Å²) < 4.78 is 6.17. The van der Waals surface area contributed by atoms with Gasteiger partial charge in [-0.25, -0.2) is 0 Å². The molecule has 3 aromatic rings. The highest BCUT2D eigenvalue weighted by Gasteiger charge is 2.29. The van der Waals surface area contributed by atoms with Crippen LogP contribution in [0.15, 0.2) is 42.7 Å². The van der Waals surface area contributed by atoms with E-state index in [4.69, 9.17) is 21.3 Å². The number of pyridine rings is 2. The molecule has 36 heavy (non-hydrogen) atoms. The van der Waals surface area contributed by atoms with Crippen LogP contribution in [0.1, 0.15) is 62.1 Å². The molecule has 1 aliphatic rings. The predicted octanol–water partition coefficient (Wildman–Crippen LogP) is 6.81. The zero-order valence-corrected chi connectivity index (χ0v) is 22.4. The lowest BCUT2D eigenvalue weighted by Crippen LogP contribution is -2.38. The Morgan fingerprint density at radius 3 is 2.47 bits per heavy atom. The molecular weight excluding hydrogens is 474 g/mol. The Kier molecular flexibility index (Phi) is 7.55. The number of hydrogen-bond acceptors (Lipinski definition) is 5. The van der Waals surface area contributed by atoms with E-state index in [1.54, 1.807) is 6.20 Å². The van der Waals surface area contributed by atoms with Crippen molar-refractivity contribution in [1.82, 2.24) is 9.97 Å². The third-order valence-corrected chi connectivity index (χ3v) is 7.46. The monoisotopic (exact) mass is 507 g/mol. The van der Waals surface area contributed by atoms with Crippen LogP contribution in [0.2, 0.25) is 5.02 Å². The van der Waals surface area contributed by atoms with Gasteiger partial charge in [-0.1, -0.05) is 37.6 Å². The fraction of sp³-hybridized carbons (Fsp3) is 0.414. The first kappa shape index (κ1) is 26.0. The number of benzene rings is 1. The molecule has 1 atom stereocenters. The molecule has 1 N–H and O–H groups in total. The van der Waals surface area contributed by atoms with Gasteiger partial charge in [0.05, 0.1) is 24.0 Å². The maximum Gasteiger partial charge on any atom is 0.307 e. The summed E-state index contributed by atoms with van der Waals surface area (Å²) in [5, 5.41) is 10.3. The number of carboxylic acid groups (broad SMARTS) is 1. The van der Waals surface area contributed by atoms with Gasteiger partial charge in [0.2, 0.25) is 0 Å². The van der Waals surface area contributed by atoms with Crippen LogP contribution >= 0.6 is 11.6 Å². The summed E-state index contributed by atoms with van der Waals surface area (Å²) in [6, 6.07) is 9.62. The Labute approximate surface area is 218 Å². The molecule has 1 aromatic carbocycles. The van der Waals surface area contributed by atoms with Crippen molar-refractivity contribution in [1.29, 1.82) is 0 Å². The van der Waals surface area contributed by atoms with Gasteiger partial charge in [-0.15, -0.1) is 0 Å². The number of aryl methyl sites for hydroxylation is 2. The maximum absolute atomic E-state index is 11.7. The van der Waals surface area contributed by atoms with Crippen molar-refractivity contribution in [3.05, 3.63) is 70.1 Å². The normalized spacial score (nSPS) is 16.0. The molecular formula is C29H34ClN3O3. The summed E-state index contributed by atoms with van der Waals surface area (Å²) in [4.78, 5) is 23.3. The van der Waals surface area contributed by atoms with Crippen molar-refractivity contribution in [2.45, 2.75) is 60.0 Å². The van der Waals surface area contributed by atoms with E-state index in [1.807, 2.05) is 57.3 Å². The minimum atomic E-state index is -0.865. The van der Waals surface area contributed by atoms with E-state index in [9.17, 15) is 9.90 Å². The molecule has 2 aromatic heterocycles. The van der Waals surface area contributed by atoms with Crippen LogP contribution in [-0.4, -0.2) is 34.1 Å². The zero-order chi connectivity index (χ0) is 26.0. The van der Waals surface area contributed by atoms with Crippen molar-refractivity contribution >= 4 is 23.3 Å². The smallest absolute Gasteiger partial charge is 0.307 e. The van der Waals surface area contributed by atoms with Crippen molar-refractivity contribution in [2.24, 2.45) is 5.41 Å². The Morgan fingerprint density at radius 2 is 1.86 bits per heavy atom. The highest BCUT2D eigenvalue weighted by molar-refractivity contribution is 6.31. The second-order valence-electron chi connectivity index (χ2n) is 10.4. The van der Waals surface area contributed by atoms with Gasteiger partial charge in [-0.3, -0.25) is 14.8 Å². The second kappa shape index (κ2) is 10.5. The summed E-state index contributed by atoms with van der Waals surface area (Å²) >= 11 is 6.42. The third kappa shape index (κ3) is 5.65. The number of halogens is 1. The van der Waals surface area contributed by atoms with Gasteiger partial charge in [-0.05, 0) is 62.8 Å². The highest BCUT2D eigenvalue weighted by Crippen LogP contribution is 2.40. The summed E-state index contributed by atoms with van der Waals surface area (Å²) in [6.45, 7) is 12.2. The molecule has 1 fully saturated rings. The fourth-order valence-electron chi connectivity index (χ4n) is 4.91. The number of nitrogens with zero attached hydrogens (tertiary/aromatic N) is 3. The van der Waals surface area contributed by atoms with Crippen molar-refractivity contribution < 1.29 is 14.6 Å². The van der Waals surface area contributed by atoms with Crippen molar-refractivity contribution in [3.8, 4) is 17.0 Å². The number of rotatable bonds is 7. The average Bonchev–Trinajstić information content (AvgIpc) is 2.81. The lowest BCUT2D eigenvalue weighted by atomic mass is 9.82. The topological polar surface area (TPSA) is 75.6 Å². The van der Waals surface area contributed by atoms with E-state index >= 15 is 0 Å².